The van der Waals surface area contributed by atoms with Crippen molar-refractivity contribution >= 4 is 34.4 Å². The van der Waals surface area contributed by atoms with Gasteiger partial charge in [0, 0.05) is 41.8 Å². The monoisotopic (exact) mass is 698 g/mol. The lowest BCUT2D eigenvalue weighted by molar-refractivity contribution is -0.0141. The second-order valence-corrected chi connectivity index (χ2v) is 28.8. The normalized spacial score (nSPS) is 18.2. The number of ether oxygens (including phenoxy) is 2. The lowest BCUT2D eigenvalue weighted by Crippen LogP contribution is -2.53. The van der Waals surface area contributed by atoms with Gasteiger partial charge in [-0.2, -0.15) is 0 Å². The van der Waals surface area contributed by atoms with E-state index in [0.717, 1.165) is 50.6 Å². The van der Waals surface area contributed by atoms with Crippen molar-refractivity contribution in [3.63, 3.8) is 0 Å². The maximum Gasteiger partial charge on any atom is 0.410 e. The minimum atomic E-state index is -1.54. The van der Waals surface area contributed by atoms with E-state index in [0.29, 0.717) is 31.5 Å². The van der Waals surface area contributed by atoms with Crippen LogP contribution in [0.4, 0.5) is 14.4 Å². The van der Waals surface area contributed by atoms with E-state index < -0.39 is 40.0 Å². The third kappa shape index (κ3) is 18.0. The van der Waals surface area contributed by atoms with E-state index in [2.05, 4.69) is 44.6 Å². The highest BCUT2D eigenvalue weighted by Gasteiger charge is 2.36. The predicted molar refractivity (Wildman–Crippen MR) is 197 cm³/mol. The molecule has 2 aliphatic carbocycles. The molecule has 12 heteroatoms. The predicted octanol–water partition coefficient (Wildman–Crippen LogP) is 8.22. The maximum atomic E-state index is 14.1. The number of nitrogens with one attached hydrogen (secondary N) is 1. The molecule has 2 rings (SSSR count). The van der Waals surface area contributed by atoms with Gasteiger partial charge in [0.2, 0.25) is 0 Å². The summed E-state index contributed by atoms with van der Waals surface area (Å²) in [7, 11) is -2.88. The van der Waals surface area contributed by atoms with Gasteiger partial charge >= 0.3 is 18.3 Å². The Labute approximate surface area is 288 Å². The number of nitrogens with two attached hydrogens (primary N) is 1. The molecule has 0 aromatic carbocycles. The van der Waals surface area contributed by atoms with Gasteiger partial charge in [-0.3, -0.25) is 0 Å². The summed E-state index contributed by atoms with van der Waals surface area (Å²) in [5, 5.41) is 13.1. The Morgan fingerprint density at radius 3 is 1.91 bits per heavy atom. The van der Waals surface area contributed by atoms with Crippen LogP contribution in [0.2, 0.25) is 51.4 Å². The number of hydrogen-bond acceptors (Lipinski definition) is 6. The quantitative estimate of drug-likeness (QED) is 0.123. The fourth-order valence-corrected chi connectivity index (χ4v) is 8.54. The zero-order valence-corrected chi connectivity index (χ0v) is 33.2. The number of nitrogens with zero attached hydrogens (tertiary/aromatic N) is 2. The van der Waals surface area contributed by atoms with E-state index >= 15 is 0 Å². The fraction of sp³-hybridized carbons (Fsp3) is 0.914. The highest BCUT2D eigenvalue weighted by molar-refractivity contribution is 6.76. The molecule has 2 aliphatic rings. The van der Waals surface area contributed by atoms with Crippen LogP contribution < -0.4 is 11.1 Å². The van der Waals surface area contributed by atoms with Crippen LogP contribution in [0.5, 0.6) is 0 Å². The SMILES string of the molecule is CC(C)(CN(CC(N)CC1CCCCC1)C(=O)O)OC(=O)N(CC[Si](C)(C)C)C(CNC(=O)OCC[Si](C)(C)C)CC1CCCCC1. The van der Waals surface area contributed by atoms with Crippen LogP contribution in [0.15, 0.2) is 0 Å². The average molecular weight is 699 g/mol. The smallest absolute Gasteiger partial charge is 0.410 e. The van der Waals surface area contributed by atoms with E-state index in [1.54, 1.807) is 13.8 Å². The molecule has 2 atom stereocenters. The molecule has 0 saturated heterocycles. The molecule has 47 heavy (non-hydrogen) atoms. The van der Waals surface area contributed by atoms with Crippen LogP contribution in [0.25, 0.3) is 0 Å². The number of carbonyl (C=O) groups excluding carboxylic acids is 2. The number of carboxylic acid groups (broad SMARTS) is 1. The lowest BCUT2D eigenvalue weighted by Gasteiger charge is -2.39. The molecule has 2 unspecified atom stereocenters. The number of carbonyl (C=O) groups is 3. The first-order valence-corrected chi connectivity index (χ1v) is 25.9. The van der Waals surface area contributed by atoms with Gasteiger partial charge in [-0.25, -0.2) is 14.4 Å². The second-order valence-electron chi connectivity index (χ2n) is 17.5. The zero-order chi connectivity index (χ0) is 35.3. The summed E-state index contributed by atoms with van der Waals surface area (Å²) in [5.74, 6) is 1.02. The summed E-state index contributed by atoms with van der Waals surface area (Å²) in [6.07, 6.45) is 11.5. The van der Waals surface area contributed by atoms with E-state index in [4.69, 9.17) is 15.2 Å². The highest BCUT2D eigenvalue weighted by Crippen LogP contribution is 2.30. The Balaban J connectivity index is 2.17. The number of alkyl carbamates (subject to hydrolysis) is 1. The largest absolute Gasteiger partial charge is 0.465 e. The molecule has 0 heterocycles. The summed E-state index contributed by atoms with van der Waals surface area (Å²) in [4.78, 5) is 42.3. The van der Waals surface area contributed by atoms with E-state index in [-0.39, 0.29) is 25.2 Å². The van der Waals surface area contributed by atoms with Gasteiger partial charge < -0.3 is 35.4 Å². The second kappa shape index (κ2) is 19.4. The Morgan fingerprint density at radius 1 is 0.872 bits per heavy atom. The van der Waals surface area contributed by atoms with Crippen LogP contribution in [-0.2, 0) is 9.47 Å². The van der Waals surface area contributed by atoms with Crippen molar-refractivity contribution in [2.45, 2.75) is 160 Å². The van der Waals surface area contributed by atoms with Gasteiger partial charge in [0.05, 0.1) is 19.2 Å². The average Bonchev–Trinajstić information content (AvgIpc) is 2.94. The van der Waals surface area contributed by atoms with E-state index in [9.17, 15) is 19.5 Å². The molecule has 0 spiro atoms. The third-order valence-corrected chi connectivity index (χ3v) is 13.1. The number of rotatable bonds is 18. The van der Waals surface area contributed by atoms with Gasteiger partial charge in [-0.15, -0.1) is 0 Å². The molecule has 0 bridgehead atoms. The first kappa shape index (κ1) is 41.4. The van der Waals surface area contributed by atoms with Gasteiger partial charge in [0.25, 0.3) is 0 Å². The van der Waals surface area contributed by atoms with Gasteiger partial charge in [-0.05, 0) is 50.6 Å². The molecule has 10 nitrogen and oxygen atoms in total. The number of amides is 3. The summed E-state index contributed by atoms with van der Waals surface area (Å²) >= 11 is 0. The van der Waals surface area contributed by atoms with Crippen molar-refractivity contribution in [2.24, 2.45) is 17.6 Å². The van der Waals surface area contributed by atoms with Crippen molar-refractivity contribution in [1.29, 1.82) is 0 Å². The van der Waals surface area contributed by atoms with Crippen LogP contribution in [0.1, 0.15) is 90.9 Å². The molecule has 0 aliphatic heterocycles. The molecule has 3 amide bonds. The lowest BCUT2D eigenvalue weighted by atomic mass is 9.84. The van der Waals surface area contributed by atoms with Crippen molar-refractivity contribution in [1.82, 2.24) is 15.1 Å². The summed E-state index contributed by atoms with van der Waals surface area (Å²) in [6, 6.07) is 1.28. The topological polar surface area (TPSA) is 134 Å². The van der Waals surface area contributed by atoms with Gasteiger partial charge in [0.15, 0.2) is 0 Å². The summed E-state index contributed by atoms with van der Waals surface area (Å²) in [5.41, 5.74) is 5.40. The minimum Gasteiger partial charge on any atom is -0.465 e. The summed E-state index contributed by atoms with van der Waals surface area (Å²) in [6.45, 7) is 18.6. The van der Waals surface area contributed by atoms with E-state index in [1.165, 1.54) is 43.4 Å². The minimum absolute atomic E-state index is 0.0310. The molecular formula is C35H70N4O6Si2. The van der Waals surface area contributed by atoms with Crippen LogP contribution in [0.3, 0.4) is 0 Å². The molecule has 0 radical (unpaired) electrons. The summed E-state index contributed by atoms with van der Waals surface area (Å²) < 4.78 is 11.7. The van der Waals surface area contributed by atoms with Crippen molar-refractivity contribution in [3.05, 3.63) is 0 Å². The van der Waals surface area contributed by atoms with Crippen molar-refractivity contribution < 1.29 is 29.0 Å². The fourth-order valence-electron chi connectivity index (χ4n) is 6.92. The molecule has 0 aromatic heterocycles. The van der Waals surface area contributed by atoms with E-state index in [1.807, 2.05) is 4.90 Å². The van der Waals surface area contributed by atoms with Gasteiger partial charge in [-0.1, -0.05) is 103 Å². The standard InChI is InChI=1S/C35H70N4O6Si2/c1-35(2,27-38(33(41)42)26-30(36)23-28-15-11-9-12-16-28)45-34(43)39(19-21-46(3,4)5)31(24-29-17-13-10-14-18-29)25-37-32(40)44-20-22-47(6,7)8/h28-31H,9-27,36H2,1-8H3,(H,37,40)(H,41,42). The van der Waals surface area contributed by atoms with Crippen LogP contribution >= 0.6 is 0 Å². The maximum absolute atomic E-state index is 14.1. The van der Waals surface area contributed by atoms with Crippen LogP contribution in [0, 0.1) is 11.8 Å². The Bertz CT molecular complexity index is 959. The van der Waals surface area contributed by atoms with Crippen molar-refractivity contribution in [2.75, 3.05) is 32.8 Å². The van der Waals surface area contributed by atoms with Crippen molar-refractivity contribution in [3.8, 4) is 0 Å². The third-order valence-electron chi connectivity index (χ3n) is 9.70. The molecule has 274 valence electrons. The van der Waals surface area contributed by atoms with Crippen LogP contribution in [-0.4, -0.2) is 99.8 Å². The molecular weight excluding hydrogens is 629 g/mol. The first-order valence-electron chi connectivity index (χ1n) is 18.5. The highest BCUT2D eigenvalue weighted by atomic mass is 28.3. The number of hydrogen-bond donors (Lipinski definition) is 3. The Kier molecular flexibility index (Phi) is 17.1. The Morgan fingerprint density at radius 2 is 1.40 bits per heavy atom. The van der Waals surface area contributed by atoms with Gasteiger partial charge in [0.1, 0.15) is 5.60 Å². The zero-order valence-electron chi connectivity index (χ0n) is 31.2. The molecule has 2 saturated carbocycles. The first-order chi connectivity index (χ1) is 21.8. The molecule has 4 N–H and O–H groups in total. The molecule has 2 fully saturated rings. The Hall–Kier alpha value is -1.80. The molecule has 0 aromatic rings.